The van der Waals surface area contributed by atoms with Gasteiger partial charge >= 0.3 is 5.97 Å². The molecular weight excluding hydrogens is 268 g/mol. The van der Waals surface area contributed by atoms with E-state index in [0.717, 1.165) is 22.9 Å². The van der Waals surface area contributed by atoms with Crippen LogP contribution in [0.5, 0.6) is 0 Å². The fourth-order valence-electron chi connectivity index (χ4n) is 2.31. The third-order valence-electron chi connectivity index (χ3n) is 3.23. The Hall–Kier alpha value is -2.43. The predicted octanol–water partition coefficient (Wildman–Crippen LogP) is 2.10. The first-order valence-electron chi connectivity index (χ1n) is 6.94. The molecule has 1 amide bonds. The summed E-state index contributed by atoms with van der Waals surface area (Å²) in [4.78, 5) is 28.9. The second kappa shape index (κ2) is 6.83. The first-order valence-corrected chi connectivity index (χ1v) is 6.94. The fourth-order valence-corrected chi connectivity index (χ4v) is 2.31. The monoisotopic (exact) mass is 286 g/mol. The molecule has 21 heavy (non-hydrogen) atoms. The number of carbonyl (C=O) groups is 2. The van der Waals surface area contributed by atoms with Gasteiger partial charge in [-0.05, 0) is 18.1 Å². The first kappa shape index (κ1) is 15.0. The van der Waals surface area contributed by atoms with E-state index in [9.17, 15) is 9.59 Å². The van der Waals surface area contributed by atoms with Crippen LogP contribution in [0.4, 0.5) is 0 Å². The molecule has 0 spiro atoms. The maximum absolute atomic E-state index is 12.3. The van der Waals surface area contributed by atoms with E-state index in [0.29, 0.717) is 6.54 Å². The van der Waals surface area contributed by atoms with Crippen LogP contribution >= 0.6 is 0 Å². The zero-order valence-electron chi connectivity index (χ0n) is 12.0. The molecule has 0 saturated carbocycles. The number of amides is 1. The molecule has 110 valence electrons. The Bertz CT molecular complexity index is 650. The van der Waals surface area contributed by atoms with Gasteiger partial charge in [0.2, 0.25) is 5.91 Å². The summed E-state index contributed by atoms with van der Waals surface area (Å²) >= 11 is 0. The summed E-state index contributed by atoms with van der Waals surface area (Å²) in [6.07, 6.45) is 2.59. The Balaban J connectivity index is 2.21. The first-order chi connectivity index (χ1) is 10.1. The highest BCUT2D eigenvalue weighted by atomic mass is 16.4. The van der Waals surface area contributed by atoms with E-state index >= 15 is 0 Å². The van der Waals surface area contributed by atoms with Gasteiger partial charge in [0.25, 0.3) is 0 Å². The zero-order valence-corrected chi connectivity index (χ0v) is 12.0. The van der Waals surface area contributed by atoms with Crippen molar-refractivity contribution in [1.82, 2.24) is 9.88 Å². The van der Waals surface area contributed by atoms with Gasteiger partial charge < -0.3 is 10.0 Å². The molecule has 0 saturated heterocycles. The molecule has 0 fully saturated rings. The van der Waals surface area contributed by atoms with E-state index < -0.39 is 5.97 Å². The summed E-state index contributed by atoms with van der Waals surface area (Å²) < 4.78 is 0. The molecule has 0 radical (unpaired) electrons. The number of carboxylic acids is 1. The minimum absolute atomic E-state index is 0.168. The normalized spacial score (nSPS) is 10.5. The van der Waals surface area contributed by atoms with Gasteiger partial charge in [0.1, 0.15) is 6.54 Å². The summed E-state index contributed by atoms with van der Waals surface area (Å²) in [6, 6.07) is 9.47. The molecule has 1 aromatic heterocycles. The number of para-hydroxylation sites is 1. The summed E-state index contributed by atoms with van der Waals surface area (Å²) in [5, 5.41) is 9.87. The topological polar surface area (TPSA) is 70.5 Å². The lowest BCUT2D eigenvalue weighted by Crippen LogP contribution is -2.37. The lowest BCUT2D eigenvalue weighted by Gasteiger charge is -2.20. The Morgan fingerprint density at radius 2 is 2.00 bits per heavy atom. The maximum atomic E-state index is 12.3. The van der Waals surface area contributed by atoms with E-state index in [4.69, 9.17) is 5.11 Å². The average Bonchev–Trinajstić information content (AvgIpc) is 2.47. The summed E-state index contributed by atoms with van der Waals surface area (Å²) in [5.74, 6) is -1.18. The minimum atomic E-state index is -0.993. The Labute approximate surface area is 123 Å². The van der Waals surface area contributed by atoms with Gasteiger partial charge in [0.15, 0.2) is 0 Å². The smallest absolute Gasteiger partial charge is 0.323 e. The van der Waals surface area contributed by atoms with Gasteiger partial charge in [0.05, 0.1) is 11.9 Å². The molecule has 1 aromatic carbocycles. The van der Waals surface area contributed by atoms with Crippen LogP contribution in [0.15, 0.2) is 36.5 Å². The Morgan fingerprint density at radius 1 is 1.24 bits per heavy atom. The fraction of sp³-hybridized carbons (Fsp3) is 0.312. The van der Waals surface area contributed by atoms with Crippen LogP contribution in [-0.4, -0.2) is 40.0 Å². The number of fused-ring (bicyclic) bond motifs is 1. The molecule has 1 N–H and O–H groups in total. The third-order valence-corrected chi connectivity index (χ3v) is 3.23. The largest absolute Gasteiger partial charge is 0.480 e. The van der Waals surface area contributed by atoms with Crippen molar-refractivity contribution in [2.75, 3.05) is 13.1 Å². The second-order valence-corrected chi connectivity index (χ2v) is 4.88. The molecule has 0 bridgehead atoms. The van der Waals surface area contributed by atoms with Crippen molar-refractivity contribution in [3.8, 4) is 0 Å². The molecule has 0 atom stereocenters. The lowest BCUT2D eigenvalue weighted by molar-refractivity contribution is -0.144. The Kier molecular flexibility index (Phi) is 4.87. The van der Waals surface area contributed by atoms with Crippen LogP contribution < -0.4 is 0 Å². The highest BCUT2D eigenvalue weighted by molar-refractivity contribution is 5.88. The van der Waals surface area contributed by atoms with Crippen molar-refractivity contribution >= 4 is 22.8 Å². The van der Waals surface area contributed by atoms with Crippen molar-refractivity contribution in [1.29, 1.82) is 0 Å². The minimum Gasteiger partial charge on any atom is -0.480 e. The van der Waals surface area contributed by atoms with E-state index in [1.807, 2.05) is 37.3 Å². The summed E-state index contributed by atoms with van der Waals surface area (Å²) in [7, 11) is 0. The van der Waals surface area contributed by atoms with Crippen molar-refractivity contribution in [2.45, 2.75) is 19.8 Å². The average molecular weight is 286 g/mol. The molecule has 1 heterocycles. The van der Waals surface area contributed by atoms with Crippen LogP contribution in [0.3, 0.4) is 0 Å². The molecule has 5 nitrogen and oxygen atoms in total. The number of benzene rings is 1. The molecule has 2 aromatic rings. The quantitative estimate of drug-likeness (QED) is 0.882. The standard InChI is InChI=1S/C16H18N2O3/c1-2-9-18(11-15(20)21)14(19)10-13-6-3-5-12-7-4-8-17-16(12)13/h3-8H,2,9-11H2,1H3,(H,20,21). The second-order valence-electron chi connectivity index (χ2n) is 4.88. The van der Waals surface area contributed by atoms with Crippen LogP contribution in [0.1, 0.15) is 18.9 Å². The summed E-state index contributed by atoms with van der Waals surface area (Å²) in [6.45, 7) is 2.11. The van der Waals surface area contributed by atoms with Crippen molar-refractivity contribution < 1.29 is 14.7 Å². The van der Waals surface area contributed by atoms with E-state index in [2.05, 4.69) is 4.98 Å². The van der Waals surface area contributed by atoms with Gasteiger partial charge in [-0.25, -0.2) is 0 Å². The number of aromatic nitrogens is 1. The SMILES string of the molecule is CCCN(CC(=O)O)C(=O)Cc1cccc2cccnc12. The van der Waals surface area contributed by atoms with E-state index in [-0.39, 0.29) is 18.9 Å². The molecule has 2 rings (SSSR count). The Morgan fingerprint density at radius 3 is 2.71 bits per heavy atom. The number of rotatable bonds is 6. The highest BCUT2D eigenvalue weighted by Crippen LogP contribution is 2.17. The molecule has 5 heteroatoms. The number of hydrogen-bond donors (Lipinski definition) is 1. The van der Waals surface area contributed by atoms with Gasteiger partial charge in [-0.2, -0.15) is 0 Å². The number of aliphatic carboxylic acids is 1. The number of nitrogens with zero attached hydrogens (tertiary/aromatic N) is 2. The third kappa shape index (κ3) is 3.78. The van der Waals surface area contributed by atoms with Crippen LogP contribution in [0, 0.1) is 0 Å². The van der Waals surface area contributed by atoms with Crippen molar-refractivity contribution in [3.63, 3.8) is 0 Å². The van der Waals surface area contributed by atoms with Gasteiger partial charge in [-0.3, -0.25) is 14.6 Å². The van der Waals surface area contributed by atoms with Crippen molar-refractivity contribution in [2.24, 2.45) is 0 Å². The molecule has 0 aliphatic rings. The number of pyridine rings is 1. The molecular formula is C16H18N2O3. The van der Waals surface area contributed by atoms with Gasteiger partial charge in [-0.1, -0.05) is 31.2 Å². The van der Waals surface area contributed by atoms with Gasteiger partial charge in [-0.15, -0.1) is 0 Å². The van der Waals surface area contributed by atoms with Crippen LogP contribution in [0.25, 0.3) is 10.9 Å². The maximum Gasteiger partial charge on any atom is 0.323 e. The van der Waals surface area contributed by atoms with Crippen LogP contribution in [-0.2, 0) is 16.0 Å². The van der Waals surface area contributed by atoms with Crippen LogP contribution in [0.2, 0.25) is 0 Å². The lowest BCUT2D eigenvalue weighted by atomic mass is 10.1. The number of hydrogen-bond acceptors (Lipinski definition) is 3. The predicted molar refractivity (Wildman–Crippen MR) is 80.0 cm³/mol. The number of carboxylic acid groups (broad SMARTS) is 1. The number of carbonyl (C=O) groups excluding carboxylic acids is 1. The molecule has 0 aliphatic carbocycles. The van der Waals surface area contributed by atoms with E-state index in [1.165, 1.54) is 4.90 Å². The van der Waals surface area contributed by atoms with Crippen molar-refractivity contribution in [3.05, 3.63) is 42.1 Å². The summed E-state index contributed by atoms with van der Waals surface area (Å²) in [5.41, 5.74) is 1.62. The van der Waals surface area contributed by atoms with E-state index in [1.54, 1.807) is 6.20 Å². The molecule has 0 aliphatic heterocycles. The van der Waals surface area contributed by atoms with Gasteiger partial charge in [0, 0.05) is 18.1 Å². The highest BCUT2D eigenvalue weighted by Gasteiger charge is 2.17. The zero-order chi connectivity index (χ0) is 15.2. The molecule has 0 unspecified atom stereocenters.